The topological polar surface area (TPSA) is 81.4 Å². The Kier molecular flexibility index (Phi) is 5.54. The van der Waals surface area contributed by atoms with Gasteiger partial charge in [-0.15, -0.1) is 0 Å². The first-order valence-electron chi connectivity index (χ1n) is 5.73. The fourth-order valence-corrected chi connectivity index (χ4v) is 2.49. The third-order valence-corrected chi connectivity index (χ3v) is 3.89. The van der Waals surface area contributed by atoms with Crippen LogP contribution in [-0.2, 0) is 14.8 Å². The van der Waals surface area contributed by atoms with Crippen molar-refractivity contribution in [2.45, 2.75) is 18.0 Å². The van der Waals surface area contributed by atoms with E-state index >= 15 is 0 Å². The monoisotopic (exact) mass is 330 g/mol. The van der Waals surface area contributed by atoms with E-state index < -0.39 is 46.7 Å². The molecule has 5 nitrogen and oxygen atoms in total. The molecule has 0 spiro atoms. The number of alkyl halides is 3. The smallest absolute Gasteiger partial charge is 0.398 e. The van der Waals surface area contributed by atoms with Gasteiger partial charge in [-0.05, 0) is 24.6 Å². The number of nitrogen functional groups attached to an aromatic ring is 1. The van der Waals surface area contributed by atoms with Crippen molar-refractivity contribution in [3.63, 3.8) is 0 Å². The lowest BCUT2D eigenvalue weighted by atomic mass is 10.2. The number of hydrogen-bond donors (Lipinski definition) is 2. The highest BCUT2D eigenvalue weighted by molar-refractivity contribution is 7.89. The molecule has 0 bridgehead atoms. The van der Waals surface area contributed by atoms with Gasteiger partial charge in [0.15, 0.2) is 0 Å². The van der Waals surface area contributed by atoms with Crippen LogP contribution in [0.1, 0.15) is 5.56 Å². The second kappa shape index (κ2) is 6.58. The fraction of sp³-hybridized carbons (Fsp3) is 0.455. The van der Waals surface area contributed by atoms with Crippen LogP contribution < -0.4 is 10.5 Å². The van der Waals surface area contributed by atoms with Gasteiger partial charge in [-0.25, -0.2) is 17.5 Å². The average molecular weight is 330 g/mol. The summed E-state index contributed by atoms with van der Waals surface area (Å²) in [6.07, 6.45) is -4.49. The van der Waals surface area contributed by atoms with Crippen molar-refractivity contribution >= 4 is 15.7 Å². The summed E-state index contributed by atoms with van der Waals surface area (Å²) in [6.45, 7) is -0.902. The minimum absolute atomic E-state index is 0.0881. The summed E-state index contributed by atoms with van der Waals surface area (Å²) in [5.74, 6) is -0.995. The van der Waals surface area contributed by atoms with Crippen molar-refractivity contribution in [1.29, 1.82) is 0 Å². The number of rotatable bonds is 6. The number of nitrogens with one attached hydrogen (secondary N) is 1. The molecule has 0 aliphatic carbocycles. The van der Waals surface area contributed by atoms with Crippen LogP contribution in [0.15, 0.2) is 17.0 Å². The number of nitrogens with two attached hydrogens (primary N) is 1. The molecular formula is C11H14F4N2O3S. The van der Waals surface area contributed by atoms with E-state index in [1.807, 2.05) is 4.72 Å². The average Bonchev–Trinajstić information content (AvgIpc) is 2.31. The number of anilines is 1. The van der Waals surface area contributed by atoms with Crippen LogP contribution in [0.3, 0.4) is 0 Å². The summed E-state index contributed by atoms with van der Waals surface area (Å²) < 4.78 is 78.7. The molecule has 0 aromatic heterocycles. The number of halogens is 4. The van der Waals surface area contributed by atoms with E-state index in [1.165, 1.54) is 6.92 Å². The summed E-state index contributed by atoms with van der Waals surface area (Å²) >= 11 is 0. The molecule has 0 aliphatic rings. The van der Waals surface area contributed by atoms with Crippen molar-refractivity contribution in [3.8, 4) is 0 Å². The Bertz CT molecular complexity index is 602. The van der Waals surface area contributed by atoms with Gasteiger partial charge in [-0.1, -0.05) is 0 Å². The minimum Gasteiger partial charge on any atom is -0.398 e. The van der Waals surface area contributed by atoms with Crippen LogP contribution in [0.4, 0.5) is 23.2 Å². The molecule has 0 radical (unpaired) electrons. The van der Waals surface area contributed by atoms with E-state index in [9.17, 15) is 26.0 Å². The lowest BCUT2D eigenvalue weighted by Crippen LogP contribution is -2.29. The largest absolute Gasteiger partial charge is 0.411 e. The standard InChI is InChI=1S/C11H14F4N2O3S/c1-7-4-8(12)10(5-9(7)16)21(18,19)17-2-3-20-6-11(13,14)15/h4-5,17H,2-3,6,16H2,1H3. The molecule has 1 aromatic carbocycles. The third-order valence-electron chi connectivity index (χ3n) is 2.41. The highest BCUT2D eigenvalue weighted by Gasteiger charge is 2.27. The Hall–Kier alpha value is -1.39. The molecule has 0 atom stereocenters. The number of aryl methyl sites for hydroxylation is 1. The molecule has 0 amide bonds. The molecule has 0 aliphatic heterocycles. The summed E-state index contributed by atoms with van der Waals surface area (Å²) in [6, 6.07) is 1.91. The van der Waals surface area contributed by atoms with Crippen molar-refractivity contribution < 1.29 is 30.7 Å². The first kappa shape index (κ1) is 17.7. The molecule has 0 saturated carbocycles. The second-order valence-electron chi connectivity index (χ2n) is 4.20. The predicted molar refractivity (Wildman–Crippen MR) is 67.6 cm³/mol. The molecule has 1 aromatic rings. The van der Waals surface area contributed by atoms with Gasteiger partial charge < -0.3 is 10.5 Å². The quantitative estimate of drug-likeness (QED) is 0.471. The summed E-state index contributed by atoms with van der Waals surface area (Å²) in [5, 5.41) is 0. The van der Waals surface area contributed by atoms with Crippen LogP contribution in [-0.4, -0.2) is 34.4 Å². The van der Waals surface area contributed by atoms with Gasteiger partial charge in [-0.2, -0.15) is 13.2 Å². The highest BCUT2D eigenvalue weighted by atomic mass is 32.2. The van der Waals surface area contributed by atoms with Gasteiger partial charge >= 0.3 is 6.18 Å². The molecule has 0 fully saturated rings. The summed E-state index contributed by atoms with van der Waals surface area (Å²) in [4.78, 5) is -0.665. The van der Waals surface area contributed by atoms with Gasteiger partial charge in [0.05, 0.1) is 6.61 Å². The van der Waals surface area contributed by atoms with Crippen LogP contribution in [0, 0.1) is 12.7 Å². The lowest BCUT2D eigenvalue weighted by molar-refractivity contribution is -0.173. The van der Waals surface area contributed by atoms with Gasteiger partial charge in [0.25, 0.3) is 0 Å². The van der Waals surface area contributed by atoms with Crippen molar-refractivity contribution in [3.05, 3.63) is 23.5 Å². The maximum Gasteiger partial charge on any atom is 0.411 e. The minimum atomic E-state index is -4.49. The van der Waals surface area contributed by atoms with E-state index in [1.54, 1.807) is 0 Å². The Morgan fingerprint density at radius 1 is 1.33 bits per heavy atom. The number of benzene rings is 1. The van der Waals surface area contributed by atoms with E-state index in [-0.39, 0.29) is 5.69 Å². The first-order chi connectivity index (χ1) is 9.53. The third kappa shape index (κ3) is 5.48. The Labute approximate surface area is 119 Å². The highest BCUT2D eigenvalue weighted by Crippen LogP contribution is 2.21. The Balaban J connectivity index is 2.64. The first-order valence-corrected chi connectivity index (χ1v) is 7.21. The van der Waals surface area contributed by atoms with Crippen LogP contribution >= 0.6 is 0 Å². The second-order valence-corrected chi connectivity index (χ2v) is 5.94. The van der Waals surface area contributed by atoms with E-state index in [4.69, 9.17) is 5.73 Å². The number of ether oxygens (including phenoxy) is 1. The summed E-state index contributed by atoms with van der Waals surface area (Å²) in [5.41, 5.74) is 5.96. The molecule has 21 heavy (non-hydrogen) atoms. The van der Waals surface area contributed by atoms with E-state index in [2.05, 4.69) is 4.74 Å². The Morgan fingerprint density at radius 3 is 2.52 bits per heavy atom. The maximum absolute atomic E-state index is 13.6. The fourth-order valence-electron chi connectivity index (χ4n) is 1.39. The molecule has 0 heterocycles. The molecule has 0 unspecified atom stereocenters. The van der Waals surface area contributed by atoms with Gasteiger partial charge in [0, 0.05) is 12.2 Å². The van der Waals surface area contributed by atoms with Gasteiger partial charge in [0.1, 0.15) is 17.3 Å². The zero-order valence-electron chi connectivity index (χ0n) is 11.0. The molecule has 10 heteroatoms. The molecule has 0 saturated heterocycles. The zero-order valence-corrected chi connectivity index (χ0v) is 11.8. The van der Waals surface area contributed by atoms with Crippen molar-refractivity contribution in [2.75, 3.05) is 25.5 Å². The molecular weight excluding hydrogens is 316 g/mol. The predicted octanol–water partition coefficient (Wildman–Crippen LogP) is 1.57. The van der Waals surface area contributed by atoms with Crippen LogP contribution in [0.5, 0.6) is 0 Å². The van der Waals surface area contributed by atoms with E-state index in [0.29, 0.717) is 5.56 Å². The van der Waals surface area contributed by atoms with Crippen LogP contribution in [0.25, 0.3) is 0 Å². The molecule has 1 rings (SSSR count). The number of sulfonamides is 1. The summed E-state index contributed by atoms with van der Waals surface area (Å²) in [7, 11) is -4.21. The molecule has 120 valence electrons. The zero-order chi connectivity index (χ0) is 16.3. The number of hydrogen-bond acceptors (Lipinski definition) is 4. The van der Waals surface area contributed by atoms with Crippen molar-refractivity contribution in [1.82, 2.24) is 4.72 Å². The maximum atomic E-state index is 13.6. The SMILES string of the molecule is Cc1cc(F)c(S(=O)(=O)NCCOCC(F)(F)F)cc1N. The van der Waals surface area contributed by atoms with Crippen molar-refractivity contribution in [2.24, 2.45) is 0 Å². The van der Waals surface area contributed by atoms with Gasteiger partial charge in [-0.3, -0.25) is 0 Å². The lowest BCUT2D eigenvalue weighted by Gasteiger charge is -2.11. The Morgan fingerprint density at radius 2 is 1.95 bits per heavy atom. The van der Waals surface area contributed by atoms with Crippen LogP contribution in [0.2, 0.25) is 0 Å². The molecule has 3 N–H and O–H groups in total. The van der Waals surface area contributed by atoms with E-state index in [0.717, 1.165) is 12.1 Å². The van der Waals surface area contributed by atoms with Gasteiger partial charge in [0.2, 0.25) is 10.0 Å². The normalized spacial score (nSPS) is 12.6.